The molecular weight excluding hydrogens is 441 g/mol. The minimum Gasteiger partial charge on any atom is -0.469 e. The first-order valence-electron chi connectivity index (χ1n) is 8.74. The van der Waals surface area contributed by atoms with Crippen molar-refractivity contribution in [2.24, 2.45) is 4.99 Å². The van der Waals surface area contributed by atoms with Crippen molar-refractivity contribution in [1.82, 2.24) is 20.2 Å². The minimum atomic E-state index is 0. The van der Waals surface area contributed by atoms with Crippen LogP contribution >= 0.6 is 24.0 Å². The van der Waals surface area contributed by atoms with Crippen LogP contribution in [0.25, 0.3) is 11.0 Å². The highest BCUT2D eigenvalue weighted by molar-refractivity contribution is 14.0. The number of guanidine groups is 1. The molecule has 7 heteroatoms. The number of hydrogen-bond donors (Lipinski definition) is 2. The Morgan fingerprint density at radius 2 is 2.04 bits per heavy atom. The Morgan fingerprint density at radius 1 is 1.19 bits per heavy atom. The molecule has 1 aromatic carbocycles. The highest BCUT2D eigenvalue weighted by Gasteiger charge is 2.06. The summed E-state index contributed by atoms with van der Waals surface area (Å²) in [5, 5.41) is 6.67. The summed E-state index contributed by atoms with van der Waals surface area (Å²) in [4.78, 5) is 9.21. The van der Waals surface area contributed by atoms with E-state index in [2.05, 4.69) is 38.2 Å². The summed E-state index contributed by atoms with van der Waals surface area (Å²) in [5.74, 6) is 2.82. The summed E-state index contributed by atoms with van der Waals surface area (Å²) in [6, 6.07) is 12.1. The third-order valence-corrected chi connectivity index (χ3v) is 4.03. The Balaban J connectivity index is 0.00000243. The van der Waals surface area contributed by atoms with E-state index < -0.39 is 0 Å². The SMILES string of the molecule is CCNC(=NCCc1ccco1)NCCn1c(C)nc2ccccc21.I. The number of aromatic nitrogens is 2. The molecule has 0 saturated heterocycles. The monoisotopic (exact) mass is 467 g/mol. The zero-order valence-electron chi connectivity index (χ0n) is 15.2. The molecule has 6 nitrogen and oxygen atoms in total. The Hall–Kier alpha value is -2.03. The van der Waals surface area contributed by atoms with E-state index in [-0.39, 0.29) is 24.0 Å². The summed E-state index contributed by atoms with van der Waals surface area (Å²) >= 11 is 0. The van der Waals surface area contributed by atoms with Crippen molar-refractivity contribution in [1.29, 1.82) is 0 Å². The van der Waals surface area contributed by atoms with Crippen molar-refractivity contribution in [2.75, 3.05) is 19.6 Å². The number of furan rings is 1. The molecule has 0 spiro atoms. The van der Waals surface area contributed by atoms with Crippen LogP contribution in [0, 0.1) is 6.92 Å². The van der Waals surface area contributed by atoms with Crippen LogP contribution in [-0.4, -0.2) is 35.1 Å². The van der Waals surface area contributed by atoms with E-state index in [1.807, 2.05) is 37.3 Å². The molecule has 0 atom stereocenters. The number of para-hydroxylation sites is 2. The van der Waals surface area contributed by atoms with Gasteiger partial charge in [0.1, 0.15) is 11.6 Å². The smallest absolute Gasteiger partial charge is 0.191 e. The number of rotatable bonds is 7. The van der Waals surface area contributed by atoms with Gasteiger partial charge < -0.3 is 19.6 Å². The first kappa shape index (κ1) is 20.3. The van der Waals surface area contributed by atoms with Gasteiger partial charge in [0.2, 0.25) is 0 Å². The molecule has 0 saturated carbocycles. The number of benzene rings is 1. The average Bonchev–Trinajstić information content (AvgIpc) is 3.23. The Labute approximate surface area is 171 Å². The molecule has 3 rings (SSSR count). The molecule has 0 amide bonds. The number of imidazole rings is 1. The quantitative estimate of drug-likeness (QED) is 0.318. The number of hydrogen-bond acceptors (Lipinski definition) is 3. The van der Waals surface area contributed by atoms with Gasteiger partial charge in [-0.15, -0.1) is 24.0 Å². The van der Waals surface area contributed by atoms with Crippen LogP contribution < -0.4 is 10.6 Å². The van der Waals surface area contributed by atoms with E-state index in [1.54, 1.807) is 6.26 Å². The number of fused-ring (bicyclic) bond motifs is 1. The normalized spacial score (nSPS) is 11.4. The first-order chi connectivity index (χ1) is 12.3. The van der Waals surface area contributed by atoms with Gasteiger partial charge in [0.05, 0.1) is 17.3 Å². The van der Waals surface area contributed by atoms with Crippen LogP contribution in [-0.2, 0) is 13.0 Å². The molecule has 0 aliphatic heterocycles. The number of halogens is 1. The van der Waals surface area contributed by atoms with E-state index in [0.717, 1.165) is 49.1 Å². The number of nitrogens with zero attached hydrogens (tertiary/aromatic N) is 3. The highest BCUT2D eigenvalue weighted by atomic mass is 127. The molecule has 0 aliphatic carbocycles. The lowest BCUT2D eigenvalue weighted by Gasteiger charge is -2.12. The molecule has 3 aromatic rings. The summed E-state index contributed by atoms with van der Waals surface area (Å²) in [6.45, 7) is 7.26. The van der Waals surface area contributed by atoms with Crippen molar-refractivity contribution in [3.8, 4) is 0 Å². The van der Waals surface area contributed by atoms with Gasteiger partial charge in [0, 0.05) is 32.6 Å². The fraction of sp³-hybridized carbons (Fsp3) is 0.368. The van der Waals surface area contributed by atoms with Crippen molar-refractivity contribution >= 4 is 41.0 Å². The molecule has 0 fully saturated rings. The lowest BCUT2D eigenvalue weighted by atomic mass is 10.3. The molecule has 0 bridgehead atoms. The van der Waals surface area contributed by atoms with Crippen molar-refractivity contribution in [3.63, 3.8) is 0 Å². The van der Waals surface area contributed by atoms with Gasteiger partial charge in [0.25, 0.3) is 0 Å². The fourth-order valence-corrected chi connectivity index (χ4v) is 2.84. The van der Waals surface area contributed by atoms with Crippen LogP contribution in [0.3, 0.4) is 0 Å². The Kier molecular flexibility index (Phi) is 7.96. The molecule has 2 N–H and O–H groups in total. The molecular formula is C19H26IN5O. The maximum absolute atomic E-state index is 5.34. The number of nitrogens with one attached hydrogen (secondary N) is 2. The fourth-order valence-electron chi connectivity index (χ4n) is 2.84. The van der Waals surface area contributed by atoms with Crippen LogP contribution in [0.1, 0.15) is 18.5 Å². The predicted molar refractivity (Wildman–Crippen MR) is 116 cm³/mol. The second-order valence-electron chi connectivity index (χ2n) is 5.82. The third-order valence-electron chi connectivity index (χ3n) is 4.03. The summed E-state index contributed by atoms with van der Waals surface area (Å²) in [7, 11) is 0. The second-order valence-corrected chi connectivity index (χ2v) is 5.82. The van der Waals surface area contributed by atoms with Crippen LogP contribution in [0.15, 0.2) is 52.1 Å². The molecule has 26 heavy (non-hydrogen) atoms. The van der Waals surface area contributed by atoms with Gasteiger partial charge in [-0.2, -0.15) is 0 Å². The molecule has 0 aliphatic rings. The zero-order valence-corrected chi connectivity index (χ0v) is 17.6. The van der Waals surface area contributed by atoms with Crippen molar-refractivity contribution in [2.45, 2.75) is 26.8 Å². The van der Waals surface area contributed by atoms with E-state index in [9.17, 15) is 0 Å². The lowest BCUT2D eigenvalue weighted by molar-refractivity contribution is 0.510. The van der Waals surface area contributed by atoms with Gasteiger partial charge >= 0.3 is 0 Å². The van der Waals surface area contributed by atoms with E-state index >= 15 is 0 Å². The van der Waals surface area contributed by atoms with Crippen molar-refractivity contribution in [3.05, 3.63) is 54.2 Å². The average molecular weight is 467 g/mol. The standard InChI is InChI=1S/C19H25N5O.HI/c1-3-20-19(21-11-10-16-7-6-14-25-16)22-12-13-24-15(2)23-17-8-4-5-9-18(17)24;/h4-9,14H,3,10-13H2,1-2H3,(H2,20,21,22);1H. The lowest BCUT2D eigenvalue weighted by Crippen LogP contribution is -2.39. The molecule has 0 radical (unpaired) electrons. The summed E-state index contributed by atoms with van der Waals surface area (Å²) < 4.78 is 7.57. The largest absolute Gasteiger partial charge is 0.469 e. The zero-order chi connectivity index (χ0) is 17.5. The van der Waals surface area contributed by atoms with Crippen LogP contribution in [0.4, 0.5) is 0 Å². The van der Waals surface area contributed by atoms with E-state index in [0.29, 0.717) is 6.54 Å². The molecule has 140 valence electrons. The topological polar surface area (TPSA) is 67.4 Å². The van der Waals surface area contributed by atoms with E-state index in [4.69, 9.17) is 4.42 Å². The van der Waals surface area contributed by atoms with Gasteiger partial charge in [-0.05, 0) is 38.1 Å². The Bertz CT molecular complexity index is 826. The first-order valence-corrected chi connectivity index (χ1v) is 8.74. The highest BCUT2D eigenvalue weighted by Crippen LogP contribution is 2.14. The van der Waals surface area contributed by atoms with Crippen molar-refractivity contribution < 1.29 is 4.42 Å². The maximum Gasteiger partial charge on any atom is 0.191 e. The third kappa shape index (κ3) is 5.23. The molecule has 0 unspecified atom stereocenters. The van der Waals surface area contributed by atoms with Gasteiger partial charge in [-0.3, -0.25) is 4.99 Å². The summed E-state index contributed by atoms with van der Waals surface area (Å²) in [6.07, 6.45) is 2.50. The number of aryl methyl sites for hydroxylation is 1. The van der Waals surface area contributed by atoms with E-state index in [1.165, 1.54) is 5.52 Å². The molecule has 2 aromatic heterocycles. The van der Waals surface area contributed by atoms with Gasteiger partial charge in [0.15, 0.2) is 5.96 Å². The van der Waals surface area contributed by atoms with Gasteiger partial charge in [-0.1, -0.05) is 12.1 Å². The van der Waals surface area contributed by atoms with Crippen LogP contribution in [0.2, 0.25) is 0 Å². The Morgan fingerprint density at radius 3 is 2.81 bits per heavy atom. The molecule has 2 heterocycles. The van der Waals surface area contributed by atoms with Gasteiger partial charge in [-0.25, -0.2) is 4.98 Å². The number of aliphatic imine (C=N–C) groups is 1. The summed E-state index contributed by atoms with van der Waals surface area (Å²) in [5.41, 5.74) is 2.21. The predicted octanol–water partition coefficient (Wildman–Crippen LogP) is 3.35. The minimum absolute atomic E-state index is 0. The van der Waals surface area contributed by atoms with Crippen LogP contribution in [0.5, 0.6) is 0 Å². The second kappa shape index (κ2) is 10.2. The maximum atomic E-state index is 5.34.